The van der Waals surface area contributed by atoms with Crippen molar-refractivity contribution in [1.29, 1.82) is 0 Å². The summed E-state index contributed by atoms with van der Waals surface area (Å²) < 4.78 is 32.6. The van der Waals surface area contributed by atoms with E-state index in [9.17, 15) is 13.2 Å². The minimum Gasteiger partial charge on any atom is -0.379 e. The summed E-state index contributed by atoms with van der Waals surface area (Å²) in [4.78, 5) is 14.6. The van der Waals surface area contributed by atoms with Gasteiger partial charge in [0.05, 0.1) is 24.3 Å². The van der Waals surface area contributed by atoms with Crippen LogP contribution >= 0.6 is 23.2 Å². The first-order valence-corrected chi connectivity index (χ1v) is 12.2. The summed E-state index contributed by atoms with van der Waals surface area (Å²) in [6, 6.07) is 13.6. The molecular formula is C21H25Cl2N3O4S. The molecule has 1 fully saturated rings. The maximum atomic E-state index is 12.4. The van der Waals surface area contributed by atoms with Gasteiger partial charge in [0, 0.05) is 37.6 Å². The largest absolute Gasteiger partial charge is 0.379 e. The molecule has 2 aromatic carbocycles. The molecule has 2 aromatic rings. The Morgan fingerprint density at radius 1 is 1.03 bits per heavy atom. The molecule has 0 spiro atoms. The number of nitrogens with one attached hydrogen (secondary N) is 2. The summed E-state index contributed by atoms with van der Waals surface area (Å²) >= 11 is 12.4. The zero-order valence-corrected chi connectivity index (χ0v) is 19.2. The maximum absolute atomic E-state index is 12.4. The first kappa shape index (κ1) is 24.0. The second-order valence-electron chi connectivity index (χ2n) is 7.07. The van der Waals surface area contributed by atoms with E-state index >= 15 is 0 Å². The number of rotatable bonds is 9. The molecule has 168 valence electrons. The molecule has 0 aliphatic carbocycles. The van der Waals surface area contributed by atoms with Crippen LogP contribution in [0.5, 0.6) is 0 Å². The van der Waals surface area contributed by atoms with Crippen molar-refractivity contribution in [2.24, 2.45) is 0 Å². The molecule has 1 unspecified atom stereocenters. The van der Waals surface area contributed by atoms with Gasteiger partial charge < -0.3 is 10.1 Å². The van der Waals surface area contributed by atoms with Crippen LogP contribution < -0.4 is 10.0 Å². The molecule has 10 heteroatoms. The van der Waals surface area contributed by atoms with E-state index in [1.54, 1.807) is 12.1 Å². The molecular weight excluding hydrogens is 461 g/mol. The summed E-state index contributed by atoms with van der Waals surface area (Å²) in [5, 5.41) is 3.67. The van der Waals surface area contributed by atoms with Crippen molar-refractivity contribution in [3.63, 3.8) is 0 Å². The summed E-state index contributed by atoms with van der Waals surface area (Å²) in [5.74, 6) is -0.257. The van der Waals surface area contributed by atoms with E-state index in [1.165, 1.54) is 12.1 Å². The van der Waals surface area contributed by atoms with Crippen molar-refractivity contribution in [3.8, 4) is 0 Å². The molecule has 0 aromatic heterocycles. The summed E-state index contributed by atoms with van der Waals surface area (Å²) in [6.45, 7) is 3.05. The quantitative estimate of drug-likeness (QED) is 0.569. The molecule has 0 saturated carbocycles. The minimum absolute atomic E-state index is 0.00202. The van der Waals surface area contributed by atoms with E-state index in [0.29, 0.717) is 24.8 Å². The van der Waals surface area contributed by atoms with Gasteiger partial charge in [0.25, 0.3) is 0 Å². The van der Waals surface area contributed by atoms with Gasteiger partial charge >= 0.3 is 0 Å². The van der Waals surface area contributed by atoms with Crippen molar-refractivity contribution < 1.29 is 17.9 Å². The van der Waals surface area contributed by atoms with Crippen molar-refractivity contribution in [3.05, 3.63) is 64.1 Å². The Balaban J connectivity index is 1.56. The predicted octanol–water partition coefficient (Wildman–Crippen LogP) is 2.85. The third-order valence-corrected chi connectivity index (χ3v) is 7.32. The second kappa shape index (κ2) is 11.3. The van der Waals surface area contributed by atoms with Gasteiger partial charge in [-0.2, -0.15) is 0 Å². The molecule has 1 aliphatic rings. The third kappa shape index (κ3) is 6.65. The molecule has 1 aliphatic heterocycles. The molecule has 7 nitrogen and oxygen atoms in total. The molecule has 0 radical (unpaired) electrons. The fourth-order valence-electron chi connectivity index (χ4n) is 3.41. The van der Waals surface area contributed by atoms with Crippen LogP contribution in [-0.4, -0.2) is 58.6 Å². The third-order valence-electron chi connectivity index (χ3n) is 5.01. The van der Waals surface area contributed by atoms with E-state index in [1.807, 2.05) is 24.3 Å². The summed E-state index contributed by atoms with van der Waals surface area (Å²) in [5.41, 5.74) is 0.936. The molecule has 2 N–H and O–H groups in total. The topological polar surface area (TPSA) is 87.7 Å². The zero-order chi connectivity index (χ0) is 22.3. The molecule has 31 heavy (non-hydrogen) atoms. The number of hydrogen-bond acceptors (Lipinski definition) is 5. The van der Waals surface area contributed by atoms with Crippen LogP contribution in [-0.2, 0) is 19.6 Å². The van der Waals surface area contributed by atoms with E-state index in [0.717, 1.165) is 18.7 Å². The minimum atomic E-state index is -3.79. The number of carbonyl (C=O) groups excluding carboxylic acids is 1. The van der Waals surface area contributed by atoms with Crippen LogP contribution in [0.1, 0.15) is 18.0 Å². The Kier molecular flexibility index (Phi) is 8.71. The van der Waals surface area contributed by atoms with Gasteiger partial charge in [0.2, 0.25) is 15.9 Å². The Bertz CT molecular complexity index is 998. The standard InChI is InChI=1S/C21H25Cl2N3O4S/c22-17-6-2-1-5-16(17)19(26-11-13-30-14-12-26)15-24-21(27)9-10-25-31(28,29)20-8-4-3-7-18(20)23/h1-8,19,25H,9-15H2,(H,24,27). The van der Waals surface area contributed by atoms with E-state index < -0.39 is 10.0 Å². The van der Waals surface area contributed by atoms with E-state index in [2.05, 4.69) is 14.9 Å². The SMILES string of the molecule is O=C(CCNS(=O)(=O)c1ccccc1Cl)NCC(c1ccccc1Cl)N1CCOCC1. The van der Waals surface area contributed by atoms with Crippen LogP contribution in [0, 0.1) is 0 Å². The zero-order valence-electron chi connectivity index (χ0n) is 16.9. The lowest BCUT2D eigenvalue weighted by atomic mass is 10.0. The number of nitrogens with zero attached hydrogens (tertiary/aromatic N) is 1. The fraction of sp³-hybridized carbons (Fsp3) is 0.381. The first-order valence-electron chi connectivity index (χ1n) is 9.95. The molecule has 0 bridgehead atoms. The number of hydrogen-bond donors (Lipinski definition) is 2. The van der Waals surface area contributed by atoms with Crippen LogP contribution in [0.25, 0.3) is 0 Å². The fourth-order valence-corrected chi connectivity index (χ4v) is 5.22. The lowest BCUT2D eigenvalue weighted by Gasteiger charge is -2.35. The van der Waals surface area contributed by atoms with Crippen molar-refractivity contribution in [2.45, 2.75) is 17.4 Å². The van der Waals surface area contributed by atoms with E-state index in [-0.39, 0.29) is 34.8 Å². The number of morpholine rings is 1. The maximum Gasteiger partial charge on any atom is 0.242 e. The molecule has 3 rings (SSSR count). The van der Waals surface area contributed by atoms with Gasteiger partial charge in [-0.3, -0.25) is 9.69 Å². The predicted molar refractivity (Wildman–Crippen MR) is 121 cm³/mol. The van der Waals surface area contributed by atoms with Gasteiger partial charge in [0.15, 0.2) is 0 Å². The molecule has 1 heterocycles. The van der Waals surface area contributed by atoms with Crippen molar-refractivity contribution in [1.82, 2.24) is 14.9 Å². The number of benzene rings is 2. The highest BCUT2D eigenvalue weighted by Gasteiger charge is 2.25. The summed E-state index contributed by atoms with van der Waals surface area (Å²) in [7, 11) is -3.79. The van der Waals surface area contributed by atoms with Gasteiger partial charge in [-0.05, 0) is 23.8 Å². The van der Waals surface area contributed by atoms with Crippen LogP contribution in [0.15, 0.2) is 53.4 Å². The summed E-state index contributed by atoms with van der Waals surface area (Å²) in [6.07, 6.45) is 0.00202. The highest BCUT2D eigenvalue weighted by molar-refractivity contribution is 7.89. The number of ether oxygens (including phenoxy) is 1. The Morgan fingerprint density at radius 2 is 1.68 bits per heavy atom. The van der Waals surface area contributed by atoms with Crippen molar-refractivity contribution in [2.75, 3.05) is 39.4 Å². The Labute approximate surface area is 192 Å². The van der Waals surface area contributed by atoms with E-state index in [4.69, 9.17) is 27.9 Å². The average molecular weight is 486 g/mol. The van der Waals surface area contributed by atoms with Crippen LogP contribution in [0.3, 0.4) is 0 Å². The molecule has 1 atom stereocenters. The highest BCUT2D eigenvalue weighted by atomic mass is 35.5. The molecule has 1 saturated heterocycles. The lowest BCUT2D eigenvalue weighted by molar-refractivity contribution is -0.121. The van der Waals surface area contributed by atoms with Gasteiger partial charge in [-0.25, -0.2) is 13.1 Å². The second-order valence-corrected chi connectivity index (χ2v) is 9.62. The smallest absolute Gasteiger partial charge is 0.242 e. The molecule has 1 amide bonds. The normalized spacial score (nSPS) is 16.1. The Hall–Kier alpha value is -1.68. The lowest BCUT2D eigenvalue weighted by Crippen LogP contribution is -2.44. The van der Waals surface area contributed by atoms with Crippen LogP contribution in [0.4, 0.5) is 0 Å². The van der Waals surface area contributed by atoms with Gasteiger partial charge in [-0.15, -0.1) is 0 Å². The van der Waals surface area contributed by atoms with Gasteiger partial charge in [-0.1, -0.05) is 53.5 Å². The number of sulfonamides is 1. The number of carbonyl (C=O) groups is 1. The Morgan fingerprint density at radius 3 is 2.35 bits per heavy atom. The number of halogens is 2. The highest BCUT2D eigenvalue weighted by Crippen LogP contribution is 2.27. The monoisotopic (exact) mass is 485 g/mol. The van der Waals surface area contributed by atoms with Crippen molar-refractivity contribution >= 4 is 39.1 Å². The first-order chi connectivity index (χ1) is 14.9. The van der Waals surface area contributed by atoms with Gasteiger partial charge in [0.1, 0.15) is 4.90 Å². The number of amides is 1. The average Bonchev–Trinajstić information content (AvgIpc) is 2.76. The van der Waals surface area contributed by atoms with Crippen LogP contribution in [0.2, 0.25) is 10.0 Å².